The molecule has 0 nitrogen and oxygen atoms in total. The van der Waals surface area contributed by atoms with Gasteiger partial charge in [0.2, 0.25) is 0 Å². The highest BCUT2D eigenvalue weighted by Crippen LogP contribution is 2.42. The van der Waals surface area contributed by atoms with E-state index < -0.39 is 11.7 Å². The van der Waals surface area contributed by atoms with Gasteiger partial charge in [-0.2, -0.15) is 13.2 Å². The Morgan fingerprint density at radius 3 is 2.12 bits per heavy atom. The molecule has 0 bridgehead atoms. The maximum absolute atomic E-state index is 13.4. The lowest BCUT2D eigenvalue weighted by atomic mass is 9.93. The predicted molar refractivity (Wildman–Crippen MR) is 94.9 cm³/mol. The molecule has 25 heavy (non-hydrogen) atoms. The van der Waals surface area contributed by atoms with E-state index >= 15 is 0 Å². The van der Waals surface area contributed by atoms with Crippen LogP contribution in [-0.2, 0) is 12.6 Å². The zero-order valence-corrected chi connectivity index (χ0v) is 13.3. The van der Waals surface area contributed by atoms with Crippen LogP contribution in [-0.4, -0.2) is 0 Å². The molecule has 0 aliphatic heterocycles. The molecule has 3 heteroatoms. The molecule has 0 atom stereocenters. The first-order valence-electron chi connectivity index (χ1n) is 8.08. The van der Waals surface area contributed by atoms with E-state index in [1.165, 1.54) is 6.07 Å². The van der Waals surface area contributed by atoms with E-state index in [2.05, 4.69) is 0 Å². The molecule has 0 unspecified atom stereocenters. The molecule has 0 heterocycles. The van der Waals surface area contributed by atoms with Crippen LogP contribution >= 0.6 is 0 Å². The van der Waals surface area contributed by atoms with Crippen LogP contribution in [0.4, 0.5) is 13.2 Å². The highest BCUT2D eigenvalue weighted by Gasteiger charge is 2.34. The summed E-state index contributed by atoms with van der Waals surface area (Å²) in [6, 6.07) is 21.3. The summed E-state index contributed by atoms with van der Waals surface area (Å²) in [5.74, 6) is 0. The number of alkyl halides is 3. The molecule has 0 spiro atoms. The van der Waals surface area contributed by atoms with Crippen LogP contribution in [0.2, 0.25) is 0 Å². The fourth-order valence-electron chi connectivity index (χ4n) is 3.41. The minimum absolute atomic E-state index is 0.234. The maximum Gasteiger partial charge on any atom is 0.417 e. The lowest BCUT2D eigenvalue weighted by Crippen LogP contribution is -2.07. The number of rotatable bonds is 2. The molecule has 0 fully saturated rings. The largest absolute Gasteiger partial charge is 0.417 e. The van der Waals surface area contributed by atoms with Crippen molar-refractivity contribution in [1.29, 1.82) is 0 Å². The maximum atomic E-state index is 13.4. The molecule has 124 valence electrons. The standard InChI is InChI=1S/C22H15F3/c23-22(24,25)21-12-5-4-10-19(21)18-11-6-9-16-13-17(14-20(16)18)15-7-2-1-3-8-15/h1-12,14H,13H2. The van der Waals surface area contributed by atoms with Crippen LogP contribution in [0, 0.1) is 0 Å². The van der Waals surface area contributed by atoms with E-state index in [0.717, 1.165) is 34.8 Å². The van der Waals surface area contributed by atoms with Crippen molar-refractivity contribution in [2.24, 2.45) is 0 Å². The smallest absolute Gasteiger partial charge is 0.166 e. The van der Waals surface area contributed by atoms with E-state index in [4.69, 9.17) is 0 Å². The normalized spacial score (nSPS) is 13.5. The fraction of sp³-hybridized carbons (Fsp3) is 0.0909. The molecule has 0 radical (unpaired) electrons. The Bertz CT molecular complexity index is 951. The number of allylic oxidation sites excluding steroid dienone is 1. The predicted octanol–water partition coefficient (Wildman–Crippen LogP) is 6.47. The van der Waals surface area contributed by atoms with Crippen LogP contribution in [0.25, 0.3) is 22.8 Å². The second kappa shape index (κ2) is 5.92. The molecule has 0 saturated heterocycles. The second-order valence-electron chi connectivity index (χ2n) is 6.13. The Hall–Kier alpha value is -2.81. The minimum Gasteiger partial charge on any atom is -0.166 e. The lowest BCUT2D eigenvalue weighted by Gasteiger charge is -2.15. The monoisotopic (exact) mass is 336 g/mol. The number of hydrogen-bond donors (Lipinski definition) is 0. The van der Waals surface area contributed by atoms with Crippen LogP contribution in [0.5, 0.6) is 0 Å². The average Bonchev–Trinajstić information content (AvgIpc) is 3.06. The van der Waals surface area contributed by atoms with Crippen LogP contribution in [0.3, 0.4) is 0 Å². The Labute approximate surface area is 144 Å². The van der Waals surface area contributed by atoms with E-state index in [0.29, 0.717) is 5.56 Å². The van der Waals surface area contributed by atoms with Crippen molar-refractivity contribution >= 4 is 11.6 Å². The summed E-state index contributed by atoms with van der Waals surface area (Å²) < 4.78 is 40.2. The molecule has 0 aromatic heterocycles. The van der Waals surface area contributed by atoms with Gasteiger partial charge in [0, 0.05) is 0 Å². The third kappa shape index (κ3) is 2.86. The molecule has 1 aliphatic rings. The summed E-state index contributed by atoms with van der Waals surface area (Å²) in [7, 11) is 0. The van der Waals surface area contributed by atoms with Gasteiger partial charge in [-0.1, -0.05) is 66.7 Å². The first-order chi connectivity index (χ1) is 12.0. The van der Waals surface area contributed by atoms with E-state index in [-0.39, 0.29) is 5.56 Å². The number of hydrogen-bond acceptors (Lipinski definition) is 0. The van der Waals surface area contributed by atoms with Gasteiger partial charge in [0.15, 0.2) is 0 Å². The van der Waals surface area contributed by atoms with Gasteiger partial charge < -0.3 is 0 Å². The molecule has 1 aliphatic carbocycles. The van der Waals surface area contributed by atoms with Gasteiger partial charge in [-0.15, -0.1) is 0 Å². The molecule has 0 saturated carbocycles. The van der Waals surface area contributed by atoms with Gasteiger partial charge >= 0.3 is 6.18 Å². The van der Waals surface area contributed by atoms with Gasteiger partial charge in [-0.25, -0.2) is 0 Å². The second-order valence-corrected chi connectivity index (χ2v) is 6.13. The first-order valence-corrected chi connectivity index (χ1v) is 8.08. The first kappa shape index (κ1) is 15.7. The molecular formula is C22H15F3. The zero-order chi connectivity index (χ0) is 17.4. The Morgan fingerprint density at radius 2 is 1.36 bits per heavy atom. The summed E-state index contributed by atoms with van der Waals surface area (Å²) in [6.45, 7) is 0. The van der Waals surface area contributed by atoms with Gasteiger partial charge in [-0.3, -0.25) is 0 Å². The van der Waals surface area contributed by atoms with Gasteiger partial charge in [-0.05, 0) is 52.0 Å². The molecule has 4 rings (SSSR count). The van der Waals surface area contributed by atoms with Crippen molar-refractivity contribution in [3.05, 3.63) is 95.1 Å². The van der Waals surface area contributed by atoms with Gasteiger partial charge in [0.05, 0.1) is 5.56 Å². The molecule has 0 amide bonds. The van der Waals surface area contributed by atoms with Crippen molar-refractivity contribution in [3.8, 4) is 11.1 Å². The van der Waals surface area contributed by atoms with Crippen LogP contribution < -0.4 is 0 Å². The summed E-state index contributed by atoms with van der Waals surface area (Å²) in [4.78, 5) is 0. The van der Waals surface area contributed by atoms with Crippen molar-refractivity contribution in [3.63, 3.8) is 0 Å². The SMILES string of the molecule is FC(F)(F)c1ccccc1-c1cccc2c1C=C(c1ccccc1)C2. The highest BCUT2D eigenvalue weighted by atomic mass is 19.4. The summed E-state index contributed by atoms with van der Waals surface area (Å²) in [6.07, 6.45) is -1.61. The summed E-state index contributed by atoms with van der Waals surface area (Å²) in [5, 5.41) is 0. The van der Waals surface area contributed by atoms with Crippen molar-refractivity contribution in [1.82, 2.24) is 0 Å². The lowest BCUT2D eigenvalue weighted by molar-refractivity contribution is -0.137. The van der Waals surface area contributed by atoms with Gasteiger partial charge in [0.25, 0.3) is 0 Å². The Morgan fingerprint density at radius 1 is 0.680 bits per heavy atom. The average molecular weight is 336 g/mol. The summed E-state index contributed by atoms with van der Waals surface area (Å²) >= 11 is 0. The van der Waals surface area contributed by atoms with Crippen molar-refractivity contribution in [2.75, 3.05) is 0 Å². The topological polar surface area (TPSA) is 0 Å². The van der Waals surface area contributed by atoms with Crippen molar-refractivity contribution in [2.45, 2.75) is 12.6 Å². The molecule has 3 aromatic rings. The van der Waals surface area contributed by atoms with Crippen LogP contribution in [0.1, 0.15) is 22.3 Å². The van der Waals surface area contributed by atoms with E-state index in [1.54, 1.807) is 18.2 Å². The quantitative estimate of drug-likeness (QED) is 0.503. The Kier molecular flexibility index (Phi) is 3.72. The van der Waals surface area contributed by atoms with Gasteiger partial charge in [0.1, 0.15) is 0 Å². The number of fused-ring (bicyclic) bond motifs is 1. The fourth-order valence-corrected chi connectivity index (χ4v) is 3.41. The number of halogens is 3. The summed E-state index contributed by atoms with van der Waals surface area (Å²) in [5.41, 5.74) is 4.46. The molecular weight excluding hydrogens is 321 g/mol. The highest BCUT2D eigenvalue weighted by molar-refractivity contribution is 5.94. The van der Waals surface area contributed by atoms with E-state index in [1.807, 2.05) is 48.5 Å². The Balaban J connectivity index is 1.87. The van der Waals surface area contributed by atoms with E-state index in [9.17, 15) is 13.2 Å². The molecule has 0 N–H and O–H groups in total. The number of benzene rings is 3. The van der Waals surface area contributed by atoms with Crippen LogP contribution in [0.15, 0.2) is 72.8 Å². The third-order valence-electron chi connectivity index (χ3n) is 4.56. The minimum atomic E-state index is -4.37. The molecule has 3 aromatic carbocycles. The third-order valence-corrected chi connectivity index (χ3v) is 4.56. The zero-order valence-electron chi connectivity index (χ0n) is 13.3. The van der Waals surface area contributed by atoms with Crippen molar-refractivity contribution < 1.29 is 13.2 Å².